The highest BCUT2D eigenvalue weighted by Crippen LogP contribution is 2.20. The van der Waals surface area contributed by atoms with Crippen LogP contribution in [0.25, 0.3) is 0 Å². The Hall–Kier alpha value is -1.08. The van der Waals surface area contributed by atoms with Crippen LogP contribution in [-0.4, -0.2) is 48.0 Å². The summed E-state index contributed by atoms with van der Waals surface area (Å²) in [5.74, 6) is 0.430. The SMILES string of the molecule is CCCCCCCCCCCCCCCC(=O)OCC(CSCC(N)C(=O)C(C)(C)C)OC(=O)CCCCCCCCCCCCCCC. The molecule has 0 spiro atoms. The summed E-state index contributed by atoms with van der Waals surface area (Å²) in [6.45, 7) is 10.2. The molecule has 290 valence electrons. The van der Waals surface area contributed by atoms with Crippen molar-refractivity contribution in [3.63, 3.8) is 0 Å². The topological polar surface area (TPSA) is 95.7 Å². The van der Waals surface area contributed by atoms with E-state index in [1.807, 2.05) is 20.8 Å². The van der Waals surface area contributed by atoms with Crippen molar-refractivity contribution in [3.05, 3.63) is 0 Å². The third-order valence-electron chi connectivity index (χ3n) is 9.37. The molecule has 2 N–H and O–H groups in total. The highest BCUT2D eigenvalue weighted by atomic mass is 32.2. The molecule has 6 nitrogen and oxygen atoms in total. The van der Waals surface area contributed by atoms with Gasteiger partial charge >= 0.3 is 11.9 Å². The Balaban J connectivity index is 4.29. The molecular weight excluding hydrogens is 631 g/mol. The van der Waals surface area contributed by atoms with E-state index in [2.05, 4.69) is 13.8 Å². The number of carbonyl (C=O) groups is 3. The molecule has 0 radical (unpaired) electrons. The van der Waals surface area contributed by atoms with Crippen molar-refractivity contribution in [3.8, 4) is 0 Å². The molecule has 0 amide bonds. The number of esters is 2. The summed E-state index contributed by atoms with van der Waals surface area (Å²) in [7, 11) is 0. The molecule has 2 atom stereocenters. The fraction of sp³-hybridized carbons (Fsp3) is 0.929. The summed E-state index contributed by atoms with van der Waals surface area (Å²) < 4.78 is 11.3. The van der Waals surface area contributed by atoms with Gasteiger partial charge in [-0.1, -0.05) is 189 Å². The van der Waals surface area contributed by atoms with Gasteiger partial charge in [0.15, 0.2) is 5.78 Å². The lowest BCUT2D eigenvalue weighted by Crippen LogP contribution is -2.41. The number of unbranched alkanes of at least 4 members (excludes halogenated alkanes) is 24. The van der Waals surface area contributed by atoms with E-state index in [-0.39, 0.29) is 24.3 Å². The molecule has 0 bridgehead atoms. The molecule has 2 unspecified atom stereocenters. The minimum absolute atomic E-state index is 0.0141. The van der Waals surface area contributed by atoms with Crippen molar-refractivity contribution >= 4 is 29.5 Å². The normalized spacial score (nSPS) is 12.9. The van der Waals surface area contributed by atoms with Crippen LogP contribution in [0.2, 0.25) is 0 Å². The number of hydrogen-bond acceptors (Lipinski definition) is 7. The molecule has 0 aliphatic carbocycles. The molecule has 0 aromatic rings. The van der Waals surface area contributed by atoms with Crippen LogP contribution in [0.1, 0.15) is 214 Å². The van der Waals surface area contributed by atoms with Crippen LogP contribution in [0.4, 0.5) is 0 Å². The van der Waals surface area contributed by atoms with Gasteiger partial charge < -0.3 is 15.2 Å². The molecule has 0 saturated heterocycles. The molecule has 0 saturated carbocycles. The second kappa shape index (κ2) is 34.0. The minimum atomic E-state index is -0.578. The second-order valence-electron chi connectivity index (χ2n) is 15.5. The van der Waals surface area contributed by atoms with Crippen LogP contribution >= 0.6 is 11.8 Å². The Morgan fingerprint density at radius 2 is 0.878 bits per heavy atom. The number of Topliss-reactive ketones (excluding diaryl/α,β-unsaturated/α-hetero) is 1. The first-order chi connectivity index (χ1) is 23.6. The quantitative estimate of drug-likeness (QED) is 0.0510. The Morgan fingerprint density at radius 1 is 0.531 bits per heavy atom. The lowest BCUT2D eigenvalue weighted by Gasteiger charge is -2.22. The monoisotopic (exact) mass is 712 g/mol. The smallest absolute Gasteiger partial charge is 0.306 e. The maximum Gasteiger partial charge on any atom is 0.306 e. The van der Waals surface area contributed by atoms with Gasteiger partial charge in [-0.2, -0.15) is 11.8 Å². The number of rotatable bonds is 36. The van der Waals surface area contributed by atoms with E-state index in [0.29, 0.717) is 24.3 Å². The maximum absolute atomic E-state index is 12.7. The predicted molar refractivity (Wildman–Crippen MR) is 211 cm³/mol. The van der Waals surface area contributed by atoms with Gasteiger partial charge in [-0.05, 0) is 12.8 Å². The van der Waals surface area contributed by atoms with Crippen molar-refractivity contribution in [2.24, 2.45) is 11.1 Å². The van der Waals surface area contributed by atoms with Gasteiger partial charge in [0, 0.05) is 29.8 Å². The van der Waals surface area contributed by atoms with Gasteiger partial charge in [0.05, 0.1) is 6.04 Å². The lowest BCUT2D eigenvalue weighted by atomic mass is 9.87. The van der Waals surface area contributed by atoms with Crippen LogP contribution in [0.15, 0.2) is 0 Å². The maximum atomic E-state index is 12.7. The van der Waals surface area contributed by atoms with E-state index >= 15 is 0 Å². The average molecular weight is 712 g/mol. The zero-order chi connectivity index (χ0) is 36.4. The molecule has 0 heterocycles. The number of ketones is 1. The molecule has 0 aromatic carbocycles. The van der Waals surface area contributed by atoms with Gasteiger partial charge in [0.2, 0.25) is 0 Å². The number of ether oxygens (including phenoxy) is 2. The first kappa shape index (κ1) is 47.9. The molecule has 0 rings (SSSR count). The summed E-state index contributed by atoms with van der Waals surface area (Å²) >= 11 is 1.48. The fourth-order valence-corrected chi connectivity index (χ4v) is 7.12. The standard InChI is InChI=1S/C42H81NO5S/c1-6-8-10-12-14-16-18-20-22-24-26-28-30-32-39(44)47-34-37(35-49-36-38(43)41(46)42(3,4)5)48-40(45)33-31-29-27-25-23-21-19-17-15-13-11-9-7-2/h37-38H,6-36,43H2,1-5H3. The van der Waals surface area contributed by atoms with Crippen molar-refractivity contribution in [2.75, 3.05) is 18.1 Å². The molecule has 49 heavy (non-hydrogen) atoms. The molecule has 0 aromatic heterocycles. The van der Waals surface area contributed by atoms with Crippen LogP contribution in [0.5, 0.6) is 0 Å². The Bertz CT molecular complexity index is 784. The van der Waals surface area contributed by atoms with Crippen molar-refractivity contribution in [1.82, 2.24) is 0 Å². The van der Waals surface area contributed by atoms with Gasteiger partial charge in [0.25, 0.3) is 0 Å². The van der Waals surface area contributed by atoms with Crippen LogP contribution in [0.3, 0.4) is 0 Å². The summed E-state index contributed by atoms with van der Waals surface area (Å²) in [6.07, 6.45) is 33.0. The highest BCUT2D eigenvalue weighted by Gasteiger charge is 2.27. The summed E-state index contributed by atoms with van der Waals surface area (Å²) in [6, 6.07) is -0.578. The third kappa shape index (κ3) is 32.6. The van der Waals surface area contributed by atoms with Crippen molar-refractivity contribution in [2.45, 2.75) is 227 Å². The Kier molecular flexibility index (Phi) is 33.3. The van der Waals surface area contributed by atoms with Gasteiger partial charge in [-0.25, -0.2) is 0 Å². The van der Waals surface area contributed by atoms with E-state index in [0.717, 1.165) is 38.5 Å². The lowest BCUT2D eigenvalue weighted by molar-refractivity contribution is -0.157. The third-order valence-corrected chi connectivity index (χ3v) is 10.6. The van der Waals surface area contributed by atoms with E-state index in [1.54, 1.807) is 0 Å². The van der Waals surface area contributed by atoms with E-state index in [4.69, 9.17) is 15.2 Å². The predicted octanol–water partition coefficient (Wildman–Crippen LogP) is 12.1. The Labute approximate surface area is 308 Å². The first-order valence-electron chi connectivity index (χ1n) is 20.8. The van der Waals surface area contributed by atoms with Crippen LogP contribution < -0.4 is 5.73 Å². The van der Waals surface area contributed by atoms with E-state index < -0.39 is 17.6 Å². The molecule has 0 aliphatic rings. The molecule has 7 heteroatoms. The zero-order valence-electron chi connectivity index (χ0n) is 33.1. The average Bonchev–Trinajstić information content (AvgIpc) is 3.06. The summed E-state index contributed by atoms with van der Waals surface area (Å²) in [4.78, 5) is 37.7. The number of thioether (sulfide) groups is 1. The highest BCUT2D eigenvalue weighted by molar-refractivity contribution is 7.99. The number of nitrogens with two attached hydrogens (primary N) is 1. The molecule has 0 aliphatic heterocycles. The van der Waals surface area contributed by atoms with Gasteiger partial charge in [-0.3, -0.25) is 14.4 Å². The van der Waals surface area contributed by atoms with E-state index in [1.165, 1.54) is 140 Å². The van der Waals surface area contributed by atoms with Crippen molar-refractivity contribution < 1.29 is 23.9 Å². The minimum Gasteiger partial charge on any atom is -0.462 e. The largest absolute Gasteiger partial charge is 0.462 e. The van der Waals surface area contributed by atoms with Crippen molar-refractivity contribution in [1.29, 1.82) is 0 Å². The zero-order valence-corrected chi connectivity index (χ0v) is 33.9. The molecular formula is C42H81NO5S. The first-order valence-corrected chi connectivity index (χ1v) is 22.0. The Morgan fingerprint density at radius 3 is 1.24 bits per heavy atom. The second-order valence-corrected chi connectivity index (χ2v) is 16.6. The van der Waals surface area contributed by atoms with Crippen LogP contribution in [0, 0.1) is 5.41 Å². The molecule has 0 fully saturated rings. The van der Waals surface area contributed by atoms with Crippen LogP contribution in [-0.2, 0) is 23.9 Å². The summed E-state index contributed by atoms with van der Waals surface area (Å²) in [5.41, 5.74) is 5.65. The summed E-state index contributed by atoms with van der Waals surface area (Å²) in [5, 5.41) is 0. The van der Waals surface area contributed by atoms with Gasteiger partial charge in [0.1, 0.15) is 12.7 Å². The fourth-order valence-electron chi connectivity index (χ4n) is 6.15. The van der Waals surface area contributed by atoms with E-state index in [9.17, 15) is 14.4 Å². The number of carbonyl (C=O) groups excluding carboxylic acids is 3. The van der Waals surface area contributed by atoms with Gasteiger partial charge in [-0.15, -0.1) is 0 Å². The number of hydrogen-bond donors (Lipinski definition) is 1.